The molecule has 1 atom stereocenters. The minimum atomic E-state index is -0.448. The minimum Gasteiger partial charge on any atom is -0.444 e. The number of amides is 1. The van der Waals surface area contributed by atoms with Crippen LogP contribution in [0.4, 0.5) is 4.79 Å². The molecule has 25 heavy (non-hydrogen) atoms. The highest BCUT2D eigenvalue weighted by Crippen LogP contribution is 2.22. The van der Waals surface area contributed by atoms with E-state index >= 15 is 0 Å². The number of benzene rings is 1. The SMILES string of the molecule is CC(C)(C)OC(=O)N1CCC[C@H]1Cn1cc[n+](Cc2ccccc2)c1. The van der Waals surface area contributed by atoms with Crippen LogP contribution >= 0.6 is 0 Å². The average Bonchev–Trinajstić information content (AvgIpc) is 3.17. The molecule has 5 nitrogen and oxygen atoms in total. The Hall–Kier alpha value is -2.30. The van der Waals surface area contributed by atoms with Crippen molar-refractivity contribution >= 4 is 6.09 Å². The number of aromatic nitrogens is 2. The summed E-state index contributed by atoms with van der Waals surface area (Å²) >= 11 is 0. The van der Waals surface area contributed by atoms with E-state index in [-0.39, 0.29) is 12.1 Å². The second-order valence-corrected chi connectivity index (χ2v) is 7.74. The molecule has 0 radical (unpaired) electrons. The van der Waals surface area contributed by atoms with Crippen molar-refractivity contribution in [3.63, 3.8) is 0 Å². The molecule has 3 rings (SSSR count). The lowest BCUT2D eigenvalue weighted by Gasteiger charge is -2.27. The molecule has 0 saturated carbocycles. The Balaban J connectivity index is 1.61. The molecule has 0 N–H and O–H groups in total. The van der Waals surface area contributed by atoms with Gasteiger partial charge in [-0.3, -0.25) is 0 Å². The van der Waals surface area contributed by atoms with Crippen LogP contribution in [-0.4, -0.2) is 33.7 Å². The summed E-state index contributed by atoms with van der Waals surface area (Å²) in [5.74, 6) is 0. The molecule has 2 heterocycles. The van der Waals surface area contributed by atoms with Crippen molar-refractivity contribution < 1.29 is 14.1 Å². The lowest BCUT2D eigenvalue weighted by Crippen LogP contribution is -2.41. The van der Waals surface area contributed by atoms with Crippen LogP contribution in [0.5, 0.6) is 0 Å². The molecule has 0 spiro atoms. The molecule has 0 aliphatic carbocycles. The smallest absolute Gasteiger partial charge is 0.410 e. The van der Waals surface area contributed by atoms with Crippen LogP contribution in [0.1, 0.15) is 39.2 Å². The summed E-state index contributed by atoms with van der Waals surface area (Å²) in [4.78, 5) is 14.3. The first-order valence-corrected chi connectivity index (χ1v) is 8.99. The van der Waals surface area contributed by atoms with E-state index in [9.17, 15) is 4.79 Å². The number of hydrogen-bond acceptors (Lipinski definition) is 2. The number of likely N-dealkylation sites (tertiary alicyclic amines) is 1. The molecular formula is C20H28N3O2+. The van der Waals surface area contributed by atoms with Crippen molar-refractivity contribution in [2.24, 2.45) is 0 Å². The van der Waals surface area contributed by atoms with Gasteiger partial charge in [0, 0.05) is 6.54 Å². The van der Waals surface area contributed by atoms with Gasteiger partial charge in [-0.15, -0.1) is 0 Å². The van der Waals surface area contributed by atoms with Gasteiger partial charge in [0.15, 0.2) is 0 Å². The topological polar surface area (TPSA) is 38.4 Å². The molecule has 0 bridgehead atoms. The molecular weight excluding hydrogens is 314 g/mol. The van der Waals surface area contributed by atoms with E-state index in [2.05, 4.69) is 52.1 Å². The largest absolute Gasteiger partial charge is 0.444 e. The number of ether oxygens (including phenoxy) is 1. The van der Waals surface area contributed by atoms with E-state index < -0.39 is 5.60 Å². The molecule has 5 heteroatoms. The maximum Gasteiger partial charge on any atom is 0.410 e. The first-order chi connectivity index (χ1) is 11.9. The minimum absolute atomic E-state index is 0.195. The van der Waals surface area contributed by atoms with Crippen molar-refractivity contribution in [2.75, 3.05) is 6.54 Å². The third kappa shape index (κ3) is 4.84. The van der Waals surface area contributed by atoms with Gasteiger partial charge in [-0.1, -0.05) is 30.3 Å². The maximum absolute atomic E-state index is 12.4. The van der Waals surface area contributed by atoms with Gasteiger partial charge in [0.05, 0.1) is 6.04 Å². The summed E-state index contributed by atoms with van der Waals surface area (Å²) in [7, 11) is 0. The van der Waals surface area contributed by atoms with Crippen molar-refractivity contribution in [2.45, 2.75) is 58.3 Å². The van der Waals surface area contributed by atoms with Gasteiger partial charge < -0.3 is 9.64 Å². The summed E-state index contributed by atoms with van der Waals surface area (Å²) < 4.78 is 9.88. The molecule has 1 aliphatic rings. The molecule has 1 saturated heterocycles. The van der Waals surface area contributed by atoms with E-state index in [4.69, 9.17) is 4.74 Å². The molecule has 1 fully saturated rings. The Morgan fingerprint density at radius 3 is 2.76 bits per heavy atom. The highest BCUT2D eigenvalue weighted by molar-refractivity contribution is 5.68. The number of imidazole rings is 1. The van der Waals surface area contributed by atoms with Crippen molar-refractivity contribution in [3.05, 3.63) is 54.6 Å². The second-order valence-electron chi connectivity index (χ2n) is 7.74. The lowest BCUT2D eigenvalue weighted by molar-refractivity contribution is -0.687. The normalized spacial score (nSPS) is 17.7. The Kier molecular flexibility index (Phi) is 5.11. The Morgan fingerprint density at radius 2 is 2.04 bits per heavy atom. The van der Waals surface area contributed by atoms with E-state index in [1.165, 1.54) is 5.56 Å². The number of rotatable bonds is 4. The van der Waals surface area contributed by atoms with Crippen molar-refractivity contribution in [3.8, 4) is 0 Å². The van der Waals surface area contributed by atoms with Gasteiger partial charge in [-0.05, 0) is 39.2 Å². The summed E-state index contributed by atoms with van der Waals surface area (Å²) in [6, 6.07) is 10.6. The van der Waals surface area contributed by atoms with E-state index in [0.29, 0.717) is 0 Å². The standard InChI is InChI=1S/C20H28N3O2/c1-20(2,3)25-19(24)23-11-7-10-18(23)15-22-13-12-21(16-22)14-17-8-5-4-6-9-17/h4-6,8-9,12-13,16,18H,7,10-11,14-15H2,1-3H3/q+1/t18-/m0/s1. The van der Waals surface area contributed by atoms with Crippen LogP contribution in [0, 0.1) is 0 Å². The maximum atomic E-state index is 12.4. The third-order valence-corrected chi connectivity index (χ3v) is 4.38. The van der Waals surface area contributed by atoms with E-state index in [1.807, 2.05) is 31.7 Å². The Bertz CT molecular complexity index is 703. The summed E-state index contributed by atoms with van der Waals surface area (Å²) in [5.41, 5.74) is 0.831. The zero-order valence-electron chi connectivity index (χ0n) is 15.4. The predicted molar refractivity (Wildman–Crippen MR) is 96.1 cm³/mol. The number of nitrogens with zero attached hydrogens (tertiary/aromatic N) is 3. The van der Waals surface area contributed by atoms with E-state index in [0.717, 1.165) is 32.5 Å². The van der Waals surface area contributed by atoms with Crippen molar-refractivity contribution in [1.82, 2.24) is 9.47 Å². The zero-order valence-corrected chi connectivity index (χ0v) is 15.4. The van der Waals surface area contributed by atoms with Crippen molar-refractivity contribution in [1.29, 1.82) is 0 Å². The van der Waals surface area contributed by atoms with Gasteiger partial charge >= 0.3 is 6.09 Å². The van der Waals surface area contributed by atoms with Gasteiger partial charge in [-0.25, -0.2) is 13.9 Å². The molecule has 1 amide bonds. The summed E-state index contributed by atoms with van der Waals surface area (Å²) in [5, 5.41) is 0. The number of carbonyl (C=O) groups is 1. The fraction of sp³-hybridized carbons (Fsp3) is 0.500. The molecule has 1 aliphatic heterocycles. The van der Waals surface area contributed by atoms with Crippen LogP contribution in [0.15, 0.2) is 49.1 Å². The van der Waals surface area contributed by atoms with E-state index in [1.54, 1.807) is 0 Å². The van der Waals surface area contributed by atoms with Gasteiger partial charge in [0.1, 0.15) is 31.1 Å². The number of carbonyl (C=O) groups excluding carboxylic acids is 1. The quantitative estimate of drug-likeness (QED) is 0.800. The van der Waals surface area contributed by atoms with Crippen LogP contribution in [0.2, 0.25) is 0 Å². The zero-order chi connectivity index (χ0) is 17.9. The fourth-order valence-corrected chi connectivity index (χ4v) is 3.26. The fourth-order valence-electron chi connectivity index (χ4n) is 3.26. The summed E-state index contributed by atoms with van der Waals surface area (Å²) in [6.45, 7) is 8.18. The van der Waals surface area contributed by atoms with Crippen LogP contribution in [0.25, 0.3) is 0 Å². The molecule has 134 valence electrons. The first-order valence-electron chi connectivity index (χ1n) is 8.99. The summed E-state index contributed by atoms with van der Waals surface area (Å²) in [6.07, 6.45) is 8.14. The van der Waals surface area contributed by atoms with Crippen LogP contribution < -0.4 is 4.57 Å². The third-order valence-electron chi connectivity index (χ3n) is 4.38. The molecule has 1 aromatic carbocycles. The lowest BCUT2D eigenvalue weighted by atomic mass is 10.2. The second kappa shape index (κ2) is 7.30. The first kappa shape index (κ1) is 17.5. The predicted octanol–water partition coefficient (Wildman–Crippen LogP) is 3.22. The monoisotopic (exact) mass is 342 g/mol. The van der Waals surface area contributed by atoms with Crippen LogP contribution in [-0.2, 0) is 17.8 Å². The molecule has 1 aromatic heterocycles. The molecule has 2 aromatic rings. The highest BCUT2D eigenvalue weighted by atomic mass is 16.6. The average molecular weight is 342 g/mol. The Labute approximate surface area is 149 Å². The van der Waals surface area contributed by atoms with Gasteiger partial charge in [-0.2, -0.15) is 0 Å². The number of hydrogen-bond donors (Lipinski definition) is 0. The van der Waals surface area contributed by atoms with Gasteiger partial charge in [0.2, 0.25) is 6.33 Å². The molecule has 0 unspecified atom stereocenters. The Morgan fingerprint density at radius 1 is 1.28 bits per heavy atom. The van der Waals surface area contributed by atoms with Gasteiger partial charge in [0.25, 0.3) is 0 Å². The van der Waals surface area contributed by atoms with Crippen LogP contribution in [0.3, 0.4) is 0 Å². The highest BCUT2D eigenvalue weighted by Gasteiger charge is 2.33.